The molecule has 238 valence electrons. The molecular formula is C34H45N3O7. The minimum atomic E-state index is -1.34. The summed E-state index contributed by atoms with van der Waals surface area (Å²) in [6.45, 7) is 6.53. The lowest BCUT2D eigenvalue weighted by Crippen LogP contribution is -2.56. The van der Waals surface area contributed by atoms with Crippen molar-refractivity contribution in [3.8, 4) is 0 Å². The van der Waals surface area contributed by atoms with E-state index in [1.807, 2.05) is 62.4 Å². The molecule has 1 aromatic rings. The smallest absolute Gasteiger partial charge is 0.313 e. The largest absolute Gasteiger partial charge is 0.455 e. The van der Waals surface area contributed by atoms with Gasteiger partial charge in [-0.05, 0) is 45.6 Å². The molecule has 2 fully saturated rings. The first-order valence-electron chi connectivity index (χ1n) is 16.0. The lowest BCUT2D eigenvalue weighted by atomic mass is 9.77. The molecule has 44 heavy (non-hydrogen) atoms. The number of hydrogen-bond donors (Lipinski definition) is 2. The number of hydrogen-bond acceptors (Lipinski definition) is 7. The minimum absolute atomic E-state index is 0.0968. The molecule has 10 heteroatoms. The normalized spacial score (nSPS) is 33.1. The molecule has 0 aromatic heterocycles. The van der Waals surface area contributed by atoms with E-state index in [1.165, 1.54) is 0 Å². The van der Waals surface area contributed by atoms with Gasteiger partial charge in [0.05, 0.1) is 18.1 Å². The molecule has 4 heterocycles. The van der Waals surface area contributed by atoms with Crippen molar-refractivity contribution in [2.75, 3.05) is 19.7 Å². The molecule has 4 aliphatic rings. The van der Waals surface area contributed by atoms with Crippen LogP contribution in [-0.2, 0) is 28.7 Å². The Labute approximate surface area is 259 Å². The summed E-state index contributed by atoms with van der Waals surface area (Å²) in [5.74, 6) is -3.18. The van der Waals surface area contributed by atoms with E-state index in [9.17, 15) is 24.3 Å². The molecule has 0 aliphatic carbocycles. The number of amides is 3. The highest BCUT2D eigenvalue weighted by molar-refractivity contribution is 5.99. The lowest BCUT2D eigenvalue weighted by molar-refractivity contribution is -0.161. The first-order valence-corrected chi connectivity index (χ1v) is 16.0. The monoisotopic (exact) mass is 607 g/mol. The van der Waals surface area contributed by atoms with Crippen LogP contribution in [-0.4, -0.2) is 88.1 Å². The number of fused-ring (bicyclic) bond motifs is 2. The highest BCUT2D eigenvalue weighted by Gasteiger charge is 2.71. The number of cyclic esters (lactones) is 1. The third-order valence-electron chi connectivity index (χ3n) is 9.31. The van der Waals surface area contributed by atoms with Gasteiger partial charge in [-0.25, -0.2) is 0 Å². The molecule has 0 bridgehead atoms. The number of likely N-dealkylation sites (tertiary alicyclic amines) is 1. The summed E-state index contributed by atoms with van der Waals surface area (Å²) in [7, 11) is 0. The van der Waals surface area contributed by atoms with Crippen LogP contribution in [0.1, 0.15) is 71.0 Å². The van der Waals surface area contributed by atoms with Gasteiger partial charge in [0.15, 0.2) is 0 Å². The van der Waals surface area contributed by atoms with E-state index in [4.69, 9.17) is 9.47 Å². The number of esters is 1. The Bertz CT molecular complexity index is 1280. The average Bonchev–Trinajstić information content (AvgIpc) is 3.37. The number of aliphatic hydroxyl groups is 1. The third kappa shape index (κ3) is 6.06. The molecular weight excluding hydrogens is 562 g/mol. The van der Waals surface area contributed by atoms with Gasteiger partial charge in [0.1, 0.15) is 23.7 Å². The van der Waals surface area contributed by atoms with Crippen molar-refractivity contribution in [2.24, 2.45) is 11.8 Å². The molecule has 7 atom stereocenters. The van der Waals surface area contributed by atoms with Crippen LogP contribution in [0, 0.1) is 11.8 Å². The Hall–Kier alpha value is -3.50. The van der Waals surface area contributed by atoms with Crippen molar-refractivity contribution in [1.29, 1.82) is 0 Å². The number of ether oxygens (including phenoxy) is 2. The second-order valence-electron chi connectivity index (χ2n) is 12.6. The first-order chi connectivity index (χ1) is 21.2. The number of unbranched alkanes of at least 4 members (excludes halogenated alkanes) is 3. The summed E-state index contributed by atoms with van der Waals surface area (Å²) in [5.41, 5.74) is -0.618. The zero-order valence-electron chi connectivity index (χ0n) is 25.9. The zero-order chi connectivity index (χ0) is 31.4. The summed E-state index contributed by atoms with van der Waals surface area (Å²) < 4.78 is 13.0. The van der Waals surface area contributed by atoms with E-state index >= 15 is 0 Å². The number of rotatable bonds is 8. The van der Waals surface area contributed by atoms with Crippen molar-refractivity contribution >= 4 is 23.7 Å². The first kappa shape index (κ1) is 31.9. The maximum Gasteiger partial charge on any atom is 0.313 e. The average molecular weight is 608 g/mol. The van der Waals surface area contributed by atoms with E-state index in [1.54, 1.807) is 22.8 Å². The zero-order valence-corrected chi connectivity index (χ0v) is 25.9. The van der Waals surface area contributed by atoms with Gasteiger partial charge in [-0.2, -0.15) is 0 Å². The van der Waals surface area contributed by atoms with E-state index in [0.29, 0.717) is 32.4 Å². The molecule has 1 aromatic carbocycles. The van der Waals surface area contributed by atoms with Crippen LogP contribution in [0.5, 0.6) is 0 Å². The van der Waals surface area contributed by atoms with Crippen molar-refractivity contribution < 1.29 is 33.8 Å². The van der Waals surface area contributed by atoms with E-state index < -0.39 is 47.7 Å². The van der Waals surface area contributed by atoms with Gasteiger partial charge in [0.25, 0.3) is 0 Å². The number of carbonyl (C=O) groups is 4. The molecule has 4 aliphatic heterocycles. The second-order valence-corrected chi connectivity index (χ2v) is 12.6. The molecule has 0 radical (unpaired) electrons. The van der Waals surface area contributed by atoms with Crippen LogP contribution in [0.15, 0.2) is 54.6 Å². The van der Waals surface area contributed by atoms with Crippen LogP contribution in [0.3, 0.4) is 0 Å². The maximum absolute atomic E-state index is 14.4. The summed E-state index contributed by atoms with van der Waals surface area (Å²) in [4.78, 5) is 59.0. The highest BCUT2D eigenvalue weighted by atomic mass is 16.6. The Balaban J connectivity index is 1.55. The molecule has 2 saturated heterocycles. The second kappa shape index (κ2) is 13.6. The van der Waals surface area contributed by atoms with Crippen molar-refractivity contribution in [3.05, 3.63) is 60.2 Å². The topological polar surface area (TPSA) is 125 Å². The molecule has 3 amide bonds. The fourth-order valence-corrected chi connectivity index (χ4v) is 7.17. The summed E-state index contributed by atoms with van der Waals surface area (Å²) in [5, 5.41) is 12.2. The van der Waals surface area contributed by atoms with Crippen LogP contribution in [0.4, 0.5) is 0 Å². The molecule has 5 rings (SSSR count). The van der Waals surface area contributed by atoms with Crippen LogP contribution < -0.4 is 5.32 Å². The number of nitrogens with one attached hydrogen (secondary N) is 1. The van der Waals surface area contributed by atoms with Crippen LogP contribution in [0.2, 0.25) is 0 Å². The lowest BCUT2D eigenvalue weighted by Gasteiger charge is -2.36. The van der Waals surface area contributed by atoms with E-state index in [2.05, 4.69) is 5.32 Å². The van der Waals surface area contributed by atoms with Gasteiger partial charge in [0, 0.05) is 32.2 Å². The minimum Gasteiger partial charge on any atom is -0.455 e. The summed E-state index contributed by atoms with van der Waals surface area (Å²) in [6, 6.07) is 7.71. The highest BCUT2D eigenvalue weighted by Crippen LogP contribution is 2.53. The Morgan fingerprint density at radius 1 is 1.02 bits per heavy atom. The number of carbonyl (C=O) groups excluding carboxylic acids is 4. The predicted octanol–water partition coefficient (Wildman–Crippen LogP) is 3.07. The number of allylic oxidation sites excluding steroid dienone is 1. The van der Waals surface area contributed by atoms with Gasteiger partial charge in [-0.1, -0.05) is 67.5 Å². The quantitative estimate of drug-likeness (QED) is 0.264. The SMILES string of the molecule is CC(C)N1CC=C[C@]23O[C@@H]4/C=C\CCC(=O)N[C@H](C)[C@@H](c5ccccc5)OC(=O)[C@@H]4[C@H]2C(=O)N(CCCCCCO)[C@@H]3C1=O. The molecule has 0 saturated carbocycles. The third-order valence-corrected chi connectivity index (χ3v) is 9.31. The van der Waals surface area contributed by atoms with Crippen molar-refractivity contribution in [3.63, 3.8) is 0 Å². The summed E-state index contributed by atoms with van der Waals surface area (Å²) >= 11 is 0. The standard InChI is InChI=1S/C34H45N3O7/c1-22(2)36-20-13-18-34-28(31(40)37(30(34)32(36)41)19-11-4-5-12-21-38)27-25(44-34)16-9-10-17-26(39)35-23(3)29(43-33(27)42)24-14-7-6-8-15-24/h6-9,13-16,18,22-23,25,27-30,38H,4-5,10-12,17,19-21H2,1-3H3,(H,35,39)/b16-9-/t23-,25-,27+,28+,29+,30-,34+/m1/s1. The van der Waals surface area contributed by atoms with Gasteiger partial charge in [0.2, 0.25) is 17.7 Å². The van der Waals surface area contributed by atoms with Crippen molar-refractivity contribution in [1.82, 2.24) is 15.1 Å². The Kier molecular flexibility index (Phi) is 9.90. The predicted molar refractivity (Wildman–Crippen MR) is 163 cm³/mol. The van der Waals surface area contributed by atoms with Gasteiger partial charge in [-0.15, -0.1) is 0 Å². The molecule has 10 nitrogen and oxygen atoms in total. The maximum atomic E-state index is 14.4. The van der Waals surface area contributed by atoms with Crippen LogP contribution in [0.25, 0.3) is 0 Å². The fraction of sp³-hybridized carbons (Fsp3) is 0.588. The van der Waals surface area contributed by atoms with Crippen molar-refractivity contribution in [2.45, 2.75) is 95.2 Å². The van der Waals surface area contributed by atoms with Gasteiger partial charge >= 0.3 is 5.97 Å². The Morgan fingerprint density at radius 3 is 2.50 bits per heavy atom. The molecule has 1 spiro atoms. The van der Waals surface area contributed by atoms with E-state index in [-0.39, 0.29) is 36.8 Å². The van der Waals surface area contributed by atoms with E-state index in [0.717, 1.165) is 18.4 Å². The molecule has 0 unspecified atom stereocenters. The number of aliphatic hydroxyl groups excluding tert-OH is 1. The van der Waals surface area contributed by atoms with Gasteiger partial charge in [-0.3, -0.25) is 19.2 Å². The fourth-order valence-electron chi connectivity index (χ4n) is 7.17. The number of nitrogens with zero attached hydrogens (tertiary/aromatic N) is 2. The summed E-state index contributed by atoms with van der Waals surface area (Å²) in [6.07, 6.45) is 9.31. The number of benzene rings is 1. The molecule has 2 N–H and O–H groups in total. The Morgan fingerprint density at radius 2 is 1.77 bits per heavy atom. The van der Waals surface area contributed by atoms with Crippen LogP contribution >= 0.6 is 0 Å². The van der Waals surface area contributed by atoms with Gasteiger partial charge < -0.3 is 29.7 Å².